The minimum absolute atomic E-state index is 0. The van der Waals surface area contributed by atoms with Crippen LogP contribution in [-0.4, -0.2) is 36.6 Å². The zero-order valence-corrected chi connectivity index (χ0v) is 12.0. The van der Waals surface area contributed by atoms with Gasteiger partial charge in [-0.2, -0.15) is 0 Å². The van der Waals surface area contributed by atoms with Gasteiger partial charge in [0.1, 0.15) is 0 Å². The van der Waals surface area contributed by atoms with Crippen LogP contribution in [0.15, 0.2) is 4.99 Å². The van der Waals surface area contributed by atoms with Gasteiger partial charge in [-0.15, -0.1) is 12.4 Å². The molecule has 1 atom stereocenters. The van der Waals surface area contributed by atoms with Gasteiger partial charge in [-0.25, -0.2) is 10.4 Å². The number of hydrogen-bond acceptors (Lipinski definition) is 3. The Kier molecular flexibility index (Phi) is 9.84. The number of aliphatic imine (C=N–C) groups is 1. The topological polar surface area (TPSA) is 39.5 Å². The number of nitrogens with zero attached hydrogens (tertiary/aromatic N) is 2. The summed E-state index contributed by atoms with van der Waals surface area (Å²) in [6.45, 7) is 6.58. The number of halogens is 1. The van der Waals surface area contributed by atoms with Gasteiger partial charge in [0.2, 0.25) is 0 Å². The average molecular weight is 248 g/mol. The van der Waals surface area contributed by atoms with Gasteiger partial charge >= 0.3 is 0 Å². The fraction of sp³-hybridized carbons (Fsp3) is 0.917. The molecule has 0 saturated heterocycles. The lowest BCUT2D eigenvalue weighted by Crippen LogP contribution is -2.45. The molecule has 1 unspecified atom stereocenters. The van der Waals surface area contributed by atoms with Gasteiger partial charge in [-0.1, -0.05) is 20.8 Å². The first kappa shape index (κ1) is 18.0. The maximum atomic E-state index is 6.94. The van der Waals surface area contributed by atoms with E-state index in [2.05, 4.69) is 50.8 Å². The van der Waals surface area contributed by atoms with Crippen molar-refractivity contribution >= 4 is 18.4 Å². The van der Waals surface area contributed by atoms with Gasteiger partial charge in [-0.3, -0.25) is 0 Å². The SMILES string of the molecule is CCC(CC(CC)(CC)N(C)C)N=C=N.Cl. The molecule has 16 heavy (non-hydrogen) atoms. The molecule has 0 spiro atoms. The lowest BCUT2D eigenvalue weighted by atomic mass is 9.84. The van der Waals surface area contributed by atoms with E-state index >= 15 is 0 Å². The second-order valence-corrected chi connectivity index (χ2v) is 4.33. The smallest absolute Gasteiger partial charge is 0.0864 e. The van der Waals surface area contributed by atoms with E-state index in [-0.39, 0.29) is 24.0 Å². The van der Waals surface area contributed by atoms with E-state index in [1.54, 1.807) is 0 Å². The summed E-state index contributed by atoms with van der Waals surface area (Å²) in [5.41, 5.74) is 0.223. The maximum Gasteiger partial charge on any atom is 0.0864 e. The van der Waals surface area contributed by atoms with Crippen molar-refractivity contribution in [2.75, 3.05) is 14.1 Å². The lowest BCUT2D eigenvalue weighted by Gasteiger charge is -2.40. The minimum Gasteiger partial charge on any atom is -0.304 e. The minimum atomic E-state index is 0. The van der Waals surface area contributed by atoms with Gasteiger partial charge < -0.3 is 4.90 Å². The molecule has 0 aliphatic carbocycles. The first-order valence-corrected chi connectivity index (χ1v) is 5.85. The zero-order chi connectivity index (χ0) is 11.9. The first-order chi connectivity index (χ1) is 7.06. The Bertz CT molecular complexity index is 218. The highest BCUT2D eigenvalue weighted by Crippen LogP contribution is 2.28. The van der Waals surface area contributed by atoms with Crippen LogP contribution in [-0.2, 0) is 0 Å². The highest BCUT2D eigenvalue weighted by Gasteiger charge is 2.31. The summed E-state index contributed by atoms with van der Waals surface area (Å²) in [7, 11) is 4.27. The number of rotatable bonds is 7. The summed E-state index contributed by atoms with van der Waals surface area (Å²) < 4.78 is 0. The van der Waals surface area contributed by atoms with Gasteiger partial charge in [0.25, 0.3) is 0 Å². The standard InChI is InChI=1S/C12H25N3.ClH/c1-6-11(14-10-13)9-12(7-2,8-3)15(4)5;/h11,13H,6-9H2,1-5H3;1H. The van der Waals surface area contributed by atoms with Crippen LogP contribution in [0.25, 0.3) is 0 Å². The van der Waals surface area contributed by atoms with E-state index in [1.807, 2.05) is 0 Å². The molecule has 0 amide bonds. The quantitative estimate of drug-likeness (QED) is 0.688. The van der Waals surface area contributed by atoms with Crippen LogP contribution in [0.2, 0.25) is 0 Å². The van der Waals surface area contributed by atoms with Crippen molar-refractivity contribution < 1.29 is 0 Å². The van der Waals surface area contributed by atoms with E-state index in [4.69, 9.17) is 5.41 Å². The Hall–Kier alpha value is -0.370. The van der Waals surface area contributed by atoms with Crippen LogP contribution in [0.1, 0.15) is 46.5 Å². The Balaban J connectivity index is 0. The first-order valence-electron chi connectivity index (χ1n) is 5.85. The Morgan fingerprint density at radius 3 is 2.00 bits per heavy atom. The van der Waals surface area contributed by atoms with Crippen LogP contribution in [0.5, 0.6) is 0 Å². The summed E-state index contributed by atoms with van der Waals surface area (Å²) in [5, 5.41) is 6.94. The van der Waals surface area contributed by atoms with Crippen LogP contribution in [0.3, 0.4) is 0 Å². The lowest BCUT2D eigenvalue weighted by molar-refractivity contribution is 0.118. The van der Waals surface area contributed by atoms with Gasteiger partial charge in [0, 0.05) is 5.54 Å². The molecule has 0 aliphatic rings. The van der Waals surface area contributed by atoms with E-state index in [9.17, 15) is 0 Å². The second-order valence-electron chi connectivity index (χ2n) is 4.33. The van der Waals surface area contributed by atoms with Crippen molar-refractivity contribution in [1.29, 1.82) is 5.41 Å². The summed E-state index contributed by atoms with van der Waals surface area (Å²) >= 11 is 0. The van der Waals surface area contributed by atoms with Crippen molar-refractivity contribution in [3.63, 3.8) is 0 Å². The van der Waals surface area contributed by atoms with Crippen LogP contribution >= 0.6 is 12.4 Å². The Morgan fingerprint density at radius 2 is 1.75 bits per heavy atom. The van der Waals surface area contributed by atoms with E-state index in [0.29, 0.717) is 0 Å². The molecule has 0 aromatic carbocycles. The third-order valence-corrected chi connectivity index (χ3v) is 3.60. The second kappa shape index (κ2) is 8.74. The van der Waals surface area contributed by atoms with Crippen molar-refractivity contribution in [3.8, 4) is 0 Å². The summed E-state index contributed by atoms with van der Waals surface area (Å²) in [6, 6.07) is 2.43. The molecule has 0 fully saturated rings. The van der Waals surface area contributed by atoms with Gasteiger partial charge in [0.05, 0.1) is 12.1 Å². The highest BCUT2D eigenvalue weighted by atomic mass is 35.5. The molecular formula is C12H26ClN3. The number of nitrogens with one attached hydrogen (secondary N) is 1. The largest absolute Gasteiger partial charge is 0.304 e. The molecule has 0 heterocycles. The van der Waals surface area contributed by atoms with Crippen molar-refractivity contribution in [2.45, 2.75) is 58.0 Å². The maximum absolute atomic E-state index is 6.94. The molecule has 96 valence electrons. The molecule has 4 heteroatoms. The van der Waals surface area contributed by atoms with E-state index < -0.39 is 0 Å². The molecule has 0 bridgehead atoms. The molecule has 0 radical (unpaired) electrons. The van der Waals surface area contributed by atoms with Crippen LogP contribution in [0, 0.1) is 5.41 Å². The molecule has 3 nitrogen and oxygen atoms in total. The van der Waals surface area contributed by atoms with Crippen LogP contribution < -0.4 is 0 Å². The Labute approximate surface area is 106 Å². The number of hydrogen-bond donors (Lipinski definition) is 1. The average Bonchev–Trinajstić information content (AvgIpc) is 2.24. The third-order valence-electron chi connectivity index (χ3n) is 3.60. The summed E-state index contributed by atoms with van der Waals surface area (Å²) in [4.78, 5) is 6.40. The summed E-state index contributed by atoms with van der Waals surface area (Å²) in [5.74, 6) is 0. The molecule has 1 N–H and O–H groups in total. The Morgan fingerprint density at radius 1 is 1.25 bits per heavy atom. The molecule has 0 aromatic heterocycles. The van der Waals surface area contributed by atoms with Crippen molar-refractivity contribution in [2.24, 2.45) is 4.99 Å². The van der Waals surface area contributed by atoms with Crippen molar-refractivity contribution in [1.82, 2.24) is 4.90 Å². The van der Waals surface area contributed by atoms with E-state index in [0.717, 1.165) is 25.7 Å². The molecule has 0 aromatic rings. The van der Waals surface area contributed by atoms with E-state index in [1.165, 1.54) is 0 Å². The molecule has 0 aliphatic heterocycles. The predicted octanol–water partition coefficient (Wildman–Crippen LogP) is 3.45. The fourth-order valence-corrected chi connectivity index (χ4v) is 2.16. The summed E-state index contributed by atoms with van der Waals surface area (Å²) in [6.07, 6.45) is 4.26. The fourth-order valence-electron chi connectivity index (χ4n) is 2.16. The van der Waals surface area contributed by atoms with Crippen molar-refractivity contribution in [3.05, 3.63) is 0 Å². The monoisotopic (exact) mass is 247 g/mol. The van der Waals surface area contributed by atoms with Gasteiger partial charge in [0.15, 0.2) is 0 Å². The third kappa shape index (κ3) is 4.65. The zero-order valence-electron chi connectivity index (χ0n) is 11.2. The highest BCUT2D eigenvalue weighted by molar-refractivity contribution is 5.85. The normalized spacial score (nSPS) is 12.9. The molecule has 0 rings (SSSR count). The van der Waals surface area contributed by atoms with Crippen LogP contribution in [0.4, 0.5) is 0 Å². The molecule has 0 saturated carbocycles. The predicted molar refractivity (Wildman–Crippen MR) is 73.1 cm³/mol. The van der Waals surface area contributed by atoms with Gasteiger partial charge in [-0.05, 0) is 39.8 Å². The molecular weight excluding hydrogens is 222 g/mol.